The summed E-state index contributed by atoms with van der Waals surface area (Å²) in [7, 11) is 1.63. The summed E-state index contributed by atoms with van der Waals surface area (Å²) in [4.78, 5) is 8.52. The Bertz CT molecular complexity index is 416. The first-order valence-electron chi connectivity index (χ1n) is 7.53. The fourth-order valence-electron chi connectivity index (χ4n) is 2.82. The van der Waals surface area contributed by atoms with E-state index in [1.54, 1.807) is 13.2 Å². The zero-order valence-electron chi connectivity index (χ0n) is 12.6. The number of methoxy groups -OCH3 is 1. The van der Waals surface area contributed by atoms with Gasteiger partial charge in [-0.3, -0.25) is 0 Å². The maximum atomic E-state index is 5.77. The van der Waals surface area contributed by atoms with Crippen molar-refractivity contribution < 1.29 is 4.74 Å². The van der Waals surface area contributed by atoms with Gasteiger partial charge in [-0.1, -0.05) is 32.6 Å². The van der Waals surface area contributed by atoms with Gasteiger partial charge in [-0.2, -0.15) is 0 Å². The summed E-state index contributed by atoms with van der Waals surface area (Å²) in [6.45, 7) is 3.69. The number of nitrogens with one attached hydrogen (secondary N) is 1. The van der Waals surface area contributed by atoms with Gasteiger partial charge in [0.2, 0.25) is 0 Å². The maximum absolute atomic E-state index is 5.77. The van der Waals surface area contributed by atoms with E-state index >= 15 is 0 Å². The van der Waals surface area contributed by atoms with E-state index in [1.807, 2.05) is 0 Å². The number of hydrogen-bond acceptors (Lipinski definition) is 5. The van der Waals surface area contributed by atoms with Crippen molar-refractivity contribution >= 4 is 11.6 Å². The quantitative estimate of drug-likeness (QED) is 0.837. The highest BCUT2D eigenvalue weighted by atomic mass is 16.5. The minimum Gasteiger partial charge on any atom is -0.384 e. The first-order valence-corrected chi connectivity index (χ1v) is 7.53. The van der Waals surface area contributed by atoms with Gasteiger partial charge in [0.15, 0.2) is 5.82 Å². The van der Waals surface area contributed by atoms with Crippen LogP contribution in [0.15, 0.2) is 6.07 Å². The molecule has 112 valence electrons. The molecule has 1 fully saturated rings. The number of nitrogen functional groups attached to an aromatic ring is 1. The molecule has 0 aromatic carbocycles. The molecule has 1 saturated carbocycles. The number of aromatic nitrogens is 2. The van der Waals surface area contributed by atoms with Gasteiger partial charge in [-0.05, 0) is 18.3 Å². The van der Waals surface area contributed by atoms with Crippen LogP contribution in [0.2, 0.25) is 0 Å². The highest BCUT2D eigenvalue weighted by molar-refractivity contribution is 5.44. The smallest absolute Gasteiger partial charge is 0.158 e. The van der Waals surface area contributed by atoms with Crippen molar-refractivity contribution in [3.8, 4) is 0 Å². The lowest BCUT2D eigenvalue weighted by atomic mass is 9.81. The van der Waals surface area contributed by atoms with Crippen molar-refractivity contribution in [1.82, 2.24) is 9.97 Å². The Labute approximate surface area is 121 Å². The monoisotopic (exact) mass is 278 g/mol. The van der Waals surface area contributed by atoms with E-state index in [9.17, 15) is 0 Å². The van der Waals surface area contributed by atoms with Gasteiger partial charge in [0, 0.05) is 19.7 Å². The Balaban J connectivity index is 1.78. The molecular weight excluding hydrogens is 252 g/mol. The Morgan fingerprint density at radius 1 is 1.30 bits per heavy atom. The lowest BCUT2D eigenvalue weighted by Crippen LogP contribution is -2.16. The average Bonchev–Trinajstić information content (AvgIpc) is 2.41. The first-order chi connectivity index (χ1) is 9.67. The third-order valence-electron chi connectivity index (χ3n) is 4.06. The lowest BCUT2D eigenvalue weighted by molar-refractivity contribution is 0.178. The SMILES string of the molecule is COCc1nc(N)cc(NCCC2CCC(C)CC2)n1. The second-order valence-corrected chi connectivity index (χ2v) is 5.87. The summed E-state index contributed by atoms with van der Waals surface area (Å²) < 4.78 is 5.04. The Morgan fingerprint density at radius 3 is 2.75 bits per heavy atom. The van der Waals surface area contributed by atoms with Crippen LogP contribution in [-0.2, 0) is 11.3 Å². The van der Waals surface area contributed by atoms with E-state index < -0.39 is 0 Å². The third-order valence-corrected chi connectivity index (χ3v) is 4.06. The van der Waals surface area contributed by atoms with E-state index in [-0.39, 0.29) is 0 Å². The fraction of sp³-hybridized carbons (Fsp3) is 0.733. The molecule has 1 heterocycles. The van der Waals surface area contributed by atoms with Crippen LogP contribution in [0.25, 0.3) is 0 Å². The summed E-state index contributed by atoms with van der Waals surface area (Å²) in [6.07, 6.45) is 6.69. The minimum absolute atomic E-state index is 0.389. The number of ether oxygens (including phenoxy) is 1. The van der Waals surface area contributed by atoms with Gasteiger partial charge < -0.3 is 15.8 Å². The Hall–Kier alpha value is -1.36. The largest absolute Gasteiger partial charge is 0.384 e. The molecule has 1 aliphatic carbocycles. The molecule has 5 heteroatoms. The van der Waals surface area contributed by atoms with Crippen LogP contribution < -0.4 is 11.1 Å². The summed E-state index contributed by atoms with van der Waals surface area (Å²) in [6, 6.07) is 1.78. The van der Waals surface area contributed by atoms with E-state index in [1.165, 1.54) is 32.1 Å². The van der Waals surface area contributed by atoms with Crippen molar-refractivity contribution in [2.45, 2.75) is 45.6 Å². The van der Waals surface area contributed by atoms with Crippen LogP contribution >= 0.6 is 0 Å². The minimum atomic E-state index is 0.389. The molecule has 0 aliphatic heterocycles. The molecule has 1 aromatic rings. The molecule has 0 spiro atoms. The van der Waals surface area contributed by atoms with Crippen molar-refractivity contribution in [1.29, 1.82) is 0 Å². The fourth-order valence-corrected chi connectivity index (χ4v) is 2.82. The molecule has 0 bridgehead atoms. The Kier molecular flexibility index (Phi) is 5.59. The van der Waals surface area contributed by atoms with Crippen LogP contribution in [0.1, 0.15) is 44.9 Å². The first kappa shape index (κ1) is 15.0. The second kappa shape index (κ2) is 7.43. The van der Waals surface area contributed by atoms with Gasteiger partial charge >= 0.3 is 0 Å². The summed E-state index contributed by atoms with van der Waals surface area (Å²) in [5.41, 5.74) is 5.77. The molecule has 0 atom stereocenters. The Morgan fingerprint density at radius 2 is 2.05 bits per heavy atom. The molecule has 20 heavy (non-hydrogen) atoms. The summed E-state index contributed by atoms with van der Waals surface area (Å²) >= 11 is 0. The number of hydrogen-bond donors (Lipinski definition) is 2. The standard InChI is InChI=1S/C15H26N4O/c1-11-3-5-12(6-4-11)7-8-17-14-9-13(16)18-15(19-14)10-20-2/h9,11-12H,3-8,10H2,1-2H3,(H3,16,17,18,19). The maximum Gasteiger partial charge on any atom is 0.158 e. The molecule has 3 N–H and O–H groups in total. The topological polar surface area (TPSA) is 73.1 Å². The predicted molar refractivity (Wildman–Crippen MR) is 81.4 cm³/mol. The van der Waals surface area contributed by atoms with Crippen LogP contribution in [0, 0.1) is 11.8 Å². The number of nitrogens with zero attached hydrogens (tertiary/aromatic N) is 2. The van der Waals surface area contributed by atoms with Crippen LogP contribution in [0.4, 0.5) is 11.6 Å². The molecule has 1 aromatic heterocycles. The second-order valence-electron chi connectivity index (χ2n) is 5.87. The molecular formula is C15H26N4O. The molecule has 0 radical (unpaired) electrons. The highest BCUT2D eigenvalue weighted by Crippen LogP contribution is 2.30. The van der Waals surface area contributed by atoms with E-state index in [2.05, 4.69) is 22.2 Å². The number of rotatable bonds is 6. The highest BCUT2D eigenvalue weighted by Gasteiger charge is 2.17. The zero-order chi connectivity index (χ0) is 14.4. The third kappa shape index (κ3) is 4.63. The predicted octanol–water partition coefficient (Wildman–Crippen LogP) is 2.83. The zero-order valence-corrected chi connectivity index (χ0v) is 12.6. The van der Waals surface area contributed by atoms with Gasteiger partial charge in [0.05, 0.1) is 0 Å². The van der Waals surface area contributed by atoms with E-state index in [0.29, 0.717) is 18.2 Å². The molecule has 0 amide bonds. The lowest BCUT2D eigenvalue weighted by Gasteiger charge is -2.26. The van der Waals surface area contributed by atoms with Crippen molar-refractivity contribution in [2.75, 3.05) is 24.7 Å². The molecule has 0 unspecified atom stereocenters. The van der Waals surface area contributed by atoms with Gasteiger partial charge in [-0.15, -0.1) is 0 Å². The van der Waals surface area contributed by atoms with Crippen LogP contribution in [0.5, 0.6) is 0 Å². The van der Waals surface area contributed by atoms with Crippen molar-refractivity contribution in [2.24, 2.45) is 11.8 Å². The van der Waals surface area contributed by atoms with Gasteiger partial charge in [-0.25, -0.2) is 9.97 Å². The van der Waals surface area contributed by atoms with Crippen molar-refractivity contribution in [3.05, 3.63) is 11.9 Å². The molecule has 2 rings (SSSR count). The van der Waals surface area contributed by atoms with E-state index in [0.717, 1.165) is 24.2 Å². The number of anilines is 2. The molecule has 5 nitrogen and oxygen atoms in total. The number of nitrogens with two attached hydrogens (primary N) is 1. The van der Waals surface area contributed by atoms with Gasteiger partial charge in [0.1, 0.15) is 18.2 Å². The van der Waals surface area contributed by atoms with Crippen LogP contribution in [0.3, 0.4) is 0 Å². The summed E-state index contributed by atoms with van der Waals surface area (Å²) in [5.74, 6) is 3.69. The normalized spacial score (nSPS) is 22.7. The summed E-state index contributed by atoms with van der Waals surface area (Å²) in [5, 5.41) is 3.36. The van der Waals surface area contributed by atoms with E-state index in [4.69, 9.17) is 10.5 Å². The average molecular weight is 278 g/mol. The van der Waals surface area contributed by atoms with Crippen LogP contribution in [-0.4, -0.2) is 23.6 Å². The van der Waals surface area contributed by atoms with Gasteiger partial charge in [0.25, 0.3) is 0 Å². The molecule has 0 saturated heterocycles. The molecule has 1 aliphatic rings. The van der Waals surface area contributed by atoms with Crippen molar-refractivity contribution in [3.63, 3.8) is 0 Å².